The minimum atomic E-state index is -3.84. The number of hydrogen-bond donors (Lipinski definition) is 2. The highest BCUT2D eigenvalue weighted by Crippen LogP contribution is 2.29. The Morgan fingerprint density at radius 2 is 1.80 bits per heavy atom. The number of rotatable bonds is 6. The molecule has 3 N–H and O–H groups in total. The van der Waals surface area contributed by atoms with Gasteiger partial charge in [0.25, 0.3) is 0 Å². The van der Waals surface area contributed by atoms with Gasteiger partial charge in [-0.1, -0.05) is 56.7 Å². The molecule has 0 aliphatic carbocycles. The molecule has 5 nitrogen and oxygen atoms in total. The highest BCUT2D eigenvalue weighted by Gasteiger charge is 2.26. The normalized spacial score (nSPS) is 13.9. The average molecular weight is 360 g/mol. The second kappa shape index (κ2) is 7.80. The number of aryl methyl sites for hydroxylation is 1. The van der Waals surface area contributed by atoms with Gasteiger partial charge in [0.2, 0.25) is 15.9 Å². The molecule has 0 saturated heterocycles. The highest BCUT2D eigenvalue weighted by atomic mass is 32.2. The summed E-state index contributed by atoms with van der Waals surface area (Å²) in [6, 6.07) is 14.3. The minimum Gasteiger partial charge on any atom is -0.326 e. The molecule has 0 fully saturated rings. The van der Waals surface area contributed by atoms with Crippen molar-refractivity contribution in [2.24, 2.45) is 11.1 Å². The second-order valence-corrected chi connectivity index (χ2v) is 7.82. The van der Waals surface area contributed by atoms with Crippen molar-refractivity contribution in [1.29, 1.82) is 0 Å². The summed E-state index contributed by atoms with van der Waals surface area (Å²) >= 11 is 0. The van der Waals surface area contributed by atoms with Crippen LogP contribution in [0.2, 0.25) is 0 Å². The van der Waals surface area contributed by atoms with Gasteiger partial charge in [0.1, 0.15) is 0 Å². The summed E-state index contributed by atoms with van der Waals surface area (Å²) < 4.78 is 23.3. The molecule has 2 aromatic rings. The van der Waals surface area contributed by atoms with E-state index < -0.39 is 10.0 Å². The van der Waals surface area contributed by atoms with Gasteiger partial charge in [-0.15, -0.1) is 0 Å². The fraction of sp³-hybridized carbons (Fsp3) is 0.316. The number of benzene rings is 2. The monoisotopic (exact) mass is 360 g/mol. The average Bonchev–Trinajstić information content (AvgIpc) is 2.56. The first-order valence-electron chi connectivity index (χ1n) is 8.23. The number of nitrogens with one attached hydrogen (secondary N) is 1. The van der Waals surface area contributed by atoms with Crippen LogP contribution in [0.15, 0.2) is 53.4 Å². The molecule has 0 aromatic heterocycles. The van der Waals surface area contributed by atoms with Crippen molar-refractivity contribution in [3.05, 3.63) is 59.7 Å². The Hall–Kier alpha value is -2.18. The first kappa shape index (κ1) is 19.1. The van der Waals surface area contributed by atoms with Crippen molar-refractivity contribution in [1.82, 2.24) is 0 Å². The van der Waals surface area contributed by atoms with Crippen LogP contribution in [0, 0.1) is 12.8 Å². The Kier molecular flexibility index (Phi) is 5.98. The van der Waals surface area contributed by atoms with E-state index in [-0.39, 0.29) is 22.6 Å². The number of carbonyl (C=O) groups is 1. The third-order valence-corrected chi connectivity index (χ3v) is 5.47. The SMILES string of the molecule is CCC(C)C(C(=O)Nc1ccc(C)c(S(N)(=O)=O)c1)c1ccccc1. The lowest BCUT2D eigenvalue weighted by Crippen LogP contribution is -2.26. The van der Waals surface area contributed by atoms with Crippen LogP contribution in [0.4, 0.5) is 5.69 Å². The maximum absolute atomic E-state index is 12.9. The number of nitrogens with two attached hydrogens (primary N) is 1. The summed E-state index contributed by atoms with van der Waals surface area (Å²) in [5.74, 6) is -0.333. The van der Waals surface area contributed by atoms with Gasteiger partial charge in [0, 0.05) is 5.69 Å². The second-order valence-electron chi connectivity index (χ2n) is 6.29. The quantitative estimate of drug-likeness (QED) is 0.827. The molecule has 0 saturated carbocycles. The smallest absolute Gasteiger partial charge is 0.238 e. The van der Waals surface area contributed by atoms with E-state index in [0.717, 1.165) is 12.0 Å². The van der Waals surface area contributed by atoms with Crippen LogP contribution in [-0.4, -0.2) is 14.3 Å². The van der Waals surface area contributed by atoms with Crippen LogP contribution in [0.1, 0.15) is 37.3 Å². The van der Waals surface area contributed by atoms with E-state index in [2.05, 4.69) is 5.32 Å². The maximum atomic E-state index is 12.9. The summed E-state index contributed by atoms with van der Waals surface area (Å²) in [7, 11) is -3.84. The molecule has 2 unspecified atom stereocenters. The van der Waals surface area contributed by atoms with E-state index in [0.29, 0.717) is 11.3 Å². The van der Waals surface area contributed by atoms with Gasteiger partial charge in [0.05, 0.1) is 10.8 Å². The zero-order valence-electron chi connectivity index (χ0n) is 14.7. The molecular weight excluding hydrogens is 336 g/mol. The first-order chi connectivity index (χ1) is 11.7. The van der Waals surface area contributed by atoms with Crippen LogP contribution in [-0.2, 0) is 14.8 Å². The van der Waals surface area contributed by atoms with Crippen LogP contribution >= 0.6 is 0 Å². The molecule has 134 valence electrons. The first-order valence-corrected chi connectivity index (χ1v) is 9.78. The lowest BCUT2D eigenvalue weighted by atomic mass is 9.85. The standard InChI is InChI=1S/C19H24N2O3S/c1-4-13(2)18(15-8-6-5-7-9-15)19(22)21-16-11-10-14(3)17(12-16)25(20,23)24/h5-13,18H,4H2,1-3H3,(H,21,22)(H2,20,23,24). The van der Waals surface area contributed by atoms with Gasteiger partial charge in [-0.05, 0) is 36.1 Å². The molecule has 0 heterocycles. The largest absolute Gasteiger partial charge is 0.326 e. The summed E-state index contributed by atoms with van der Waals surface area (Å²) in [5, 5.41) is 8.07. The number of carbonyl (C=O) groups excluding carboxylic acids is 1. The molecule has 2 rings (SSSR count). The predicted molar refractivity (Wildman–Crippen MR) is 99.8 cm³/mol. The molecule has 2 atom stereocenters. The minimum absolute atomic E-state index is 0.0186. The van der Waals surface area contributed by atoms with E-state index in [4.69, 9.17) is 5.14 Å². The van der Waals surface area contributed by atoms with Gasteiger partial charge >= 0.3 is 0 Å². The third kappa shape index (κ3) is 4.67. The zero-order chi connectivity index (χ0) is 18.6. The predicted octanol–water partition coefficient (Wildman–Crippen LogP) is 3.41. The van der Waals surface area contributed by atoms with Crippen molar-refractivity contribution < 1.29 is 13.2 Å². The molecule has 25 heavy (non-hydrogen) atoms. The molecule has 2 aromatic carbocycles. The molecule has 6 heteroatoms. The Bertz CT molecular complexity index is 848. The van der Waals surface area contributed by atoms with Crippen LogP contribution in [0.3, 0.4) is 0 Å². The van der Waals surface area contributed by atoms with E-state index in [1.807, 2.05) is 44.2 Å². The Balaban J connectivity index is 2.33. The van der Waals surface area contributed by atoms with Crippen LogP contribution < -0.4 is 10.5 Å². The lowest BCUT2D eigenvalue weighted by molar-refractivity contribution is -0.118. The van der Waals surface area contributed by atoms with Crippen molar-refractivity contribution in [2.75, 3.05) is 5.32 Å². The summed E-state index contributed by atoms with van der Waals surface area (Å²) in [6.45, 7) is 5.73. The summed E-state index contributed by atoms with van der Waals surface area (Å²) in [4.78, 5) is 12.9. The molecule has 0 spiro atoms. The third-order valence-electron chi connectivity index (χ3n) is 4.42. The summed E-state index contributed by atoms with van der Waals surface area (Å²) in [5.41, 5.74) is 1.90. The summed E-state index contributed by atoms with van der Waals surface area (Å²) in [6.07, 6.45) is 0.851. The van der Waals surface area contributed by atoms with Gasteiger partial charge in [-0.2, -0.15) is 0 Å². The van der Waals surface area contributed by atoms with E-state index in [1.54, 1.807) is 19.1 Å². The van der Waals surface area contributed by atoms with Crippen LogP contribution in [0.25, 0.3) is 0 Å². The Morgan fingerprint density at radius 1 is 1.16 bits per heavy atom. The zero-order valence-corrected chi connectivity index (χ0v) is 15.5. The Labute approximate surface area is 149 Å². The van der Waals surface area contributed by atoms with Gasteiger partial charge in [-0.25, -0.2) is 13.6 Å². The Morgan fingerprint density at radius 3 is 2.36 bits per heavy atom. The maximum Gasteiger partial charge on any atom is 0.238 e. The van der Waals surface area contributed by atoms with Gasteiger partial charge in [0.15, 0.2) is 0 Å². The molecule has 1 amide bonds. The van der Waals surface area contributed by atoms with Crippen molar-refractivity contribution in [3.8, 4) is 0 Å². The molecule has 0 radical (unpaired) electrons. The van der Waals surface area contributed by atoms with E-state index in [9.17, 15) is 13.2 Å². The number of primary sulfonamides is 1. The molecule has 0 aliphatic rings. The fourth-order valence-electron chi connectivity index (χ4n) is 2.84. The number of anilines is 1. The lowest BCUT2D eigenvalue weighted by Gasteiger charge is -2.23. The number of sulfonamides is 1. The highest BCUT2D eigenvalue weighted by molar-refractivity contribution is 7.89. The fourth-order valence-corrected chi connectivity index (χ4v) is 3.65. The van der Waals surface area contributed by atoms with E-state index in [1.165, 1.54) is 6.07 Å². The molecule has 0 aliphatic heterocycles. The number of amides is 1. The van der Waals surface area contributed by atoms with Gasteiger partial charge in [-0.3, -0.25) is 4.79 Å². The molecule has 0 bridgehead atoms. The van der Waals surface area contributed by atoms with Crippen molar-refractivity contribution >= 4 is 21.6 Å². The van der Waals surface area contributed by atoms with E-state index >= 15 is 0 Å². The topological polar surface area (TPSA) is 89.3 Å². The van der Waals surface area contributed by atoms with Crippen molar-refractivity contribution in [3.63, 3.8) is 0 Å². The van der Waals surface area contributed by atoms with Crippen molar-refractivity contribution in [2.45, 2.75) is 38.0 Å². The van der Waals surface area contributed by atoms with Gasteiger partial charge < -0.3 is 5.32 Å². The number of hydrogen-bond acceptors (Lipinski definition) is 3. The molecular formula is C19H24N2O3S. The van der Waals surface area contributed by atoms with Crippen LogP contribution in [0.5, 0.6) is 0 Å².